The minimum atomic E-state index is -4.63. The van der Waals surface area contributed by atoms with Gasteiger partial charge in [-0.2, -0.15) is 0 Å². The van der Waals surface area contributed by atoms with E-state index in [9.17, 15) is 13.2 Å². The van der Waals surface area contributed by atoms with Crippen LogP contribution >= 0.6 is 0 Å². The Balaban J connectivity index is 2.03. The molecule has 3 nitrogen and oxygen atoms in total. The number of piperazine rings is 1. The number of rotatable bonds is 2. The van der Waals surface area contributed by atoms with Gasteiger partial charge in [0.15, 0.2) is 0 Å². The van der Waals surface area contributed by atoms with Gasteiger partial charge < -0.3 is 15.0 Å². The van der Waals surface area contributed by atoms with E-state index in [0.717, 1.165) is 25.3 Å². The van der Waals surface area contributed by atoms with Crippen molar-refractivity contribution in [3.05, 3.63) is 24.3 Å². The van der Waals surface area contributed by atoms with E-state index in [4.69, 9.17) is 0 Å². The van der Waals surface area contributed by atoms with E-state index in [1.807, 2.05) is 0 Å². The van der Waals surface area contributed by atoms with Gasteiger partial charge in [-0.25, -0.2) is 0 Å². The Morgan fingerprint density at radius 3 is 2.50 bits per heavy atom. The Morgan fingerprint density at radius 1 is 1.28 bits per heavy atom. The fraction of sp³-hybridized carbons (Fsp3) is 0.500. The van der Waals surface area contributed by atoms with Crippen LogP contribution in [-0.2, 0) is 0 Å². The van der Waals surface area contributed by atoms with Gasteiger partial charge in [0.2, 0.25) is 0 Å². The van der Waals surface area contributed by atoms with Crippen molar-refractivity contribution >= 4 is 5.69 Å². The summed E-state index contributed by atoms with van der Waals surface area (Å²) in [5, 5.41) is 3.31. The highest BCUT2D eigenvalue weighted by Crippen LogP contribution is 2.25. The van der Waals surface area contributed by atoms with Crippen LogP contribution in [0.25, 0.3) is 0 Å². The number of hydrogen-bond acceptors (Lipinski definition) is 3. The highest BCUT2D eigenvalue weighted by atomic mass is 19.4. The predicted molar refractivity (Wildman–Crippen MR) is 62.8 cm³/mol. The third kappa shape index (κ3) is 3.53. The molecule has 0 bridgehead atoms. The van der Waals surface area contributed by atoms with Crippen LogP contribution in [0, 0.1) is 0 Å². The fourth-order valence-electron chi connectivity index (χ4n) is 2.03. The molecule has 1 saturated heterocycles. The lowest BCUT2D eigenvalue weighted by Crippen LogP contribution is -2.49. The van der Waals surface area contributed by atoms with E-state index in [-0.39, 0.29) is 5.75 Å². The summed E-state index contributed by atoms with van der Waals surface area (Å²) in [6.07, 6.45) is -4.63. The largest absolute Gasteiger partial charge is 0.573 e. The molecule has 0 aliphatic carbocycles. The minimum absolute atomic E-state index is 0.186. The number of alkyl halides is 3. The Labute approximate surface area is 104 Å². The molecule has 1 fully saturated rings. The number of nitrogens with one attached hydrogen (secondary N) is 1. The van der Waals surface area contributed by atoms with Crippen molar-refractivity contribution in [2.45, 2.75) is 19.3 Å². The minimum Gasteiger partial charge on any atom is -0.406 e. The summed E-state index contributed by atoms with van der Waals surface area (Å²) in [4.78, 5) is 2.14. The SMILES string of the molecule is C[C@H]1CN(c2ccc(OC(F)(F)F)cc2)CCN1. The van der Waals surface area contributed by atoms with Gasteiger partial charge in [-0.3, -0.25) is 0 Å². The normalized spacial score (nSPS) is 20.9. The molecule has 0 spiro atoms. The number of halogens is 3. The van der Waals surface area contributed by atoms with Gasteiger partial charge in [-0.1, -0.05) is 0 Å². The first-order chi connectivity index (χ1) is 8.44. The standard InChI is InChI=1S/C12H15F3N2O/c1-9-8-17(7-6-16-9)10-2-4-11(5-3-10)18-12(13,14)15/h2-5,9,16H,6-8H2,1H3/t9-/m0/s1. The van der Waals surface area contributed by atoms with Gasteiger partial charge in [0, 0.05) is 31.4 Å². The van der Waals surface area contributed by atoms with Crippen molar-refractivity contribution in [1.82, 2.24) is 5.32 Å². The van der Waals surface area contributed by atoms with Crippen molar-refractivity contribution < 1.29 is 17.9 Å². The highest BCUT2D eigenvalue weighted by molar-refractivity contribution is 5.49. The fourth-order valence-corrected chi connectivity index (χ4v) is 2.03. The smallest absolute Gasteiger partial charge is 0.406 e. The number of nitrogens with zero attached hydrogens (tertiary/aromatic N) is 1. The average Bonchev–Trinajstić information content (AvgIpc) is 2.28. The third-order valence-corrected chi connectivity index (χ3v) is 2.80. The molecule has 100 valence electrons. The summed E-state index contributed by atoms with van der Waals surface area (Å²) >= 11 is 0. The van der Waals surface area contributed by atoms with Crippen LogP contribution in [0.4, 0.5) is 18.9 Å². The summed E-state index contributed by atoms with van der Waals surface area (Å²) in [6.45, 7) is 4.65. The third-order valence-electron chi connectivity index (χ3n) is 2.80. The van der Waals surface area contributed by atoms with E-state index < -0.39 is 6.36 Å². The average molecular weight is 260 g/mol. The van der Waals surface area contributed by atoms with Gasteiger partial charge >= 0.3 is 6.36 Å². The summed E-state index contributed by atoms with van der Waals surface area (Å²) in [7, 11) is 0. The molecule has 18 heavy (non-hydrogen) atoms. The molecule has 0 unspecified atom stereocenters. The second kappa shape index (κ2) is 5.06. The zero-order chi connectivity index (χ0) is 13.2. The second-order valence-corrected chi connectivity index (χ2v) is 4.34. The molecule has 1 heterocycles. The molecule has 1 aromatic rings. The molecule has 0 saturated carbocycles. The van der Waals surface area contributed by atoms with E-state index in [1.165, 1.54) is 12.1 Å². The Kier molecular flexibility index (Phi) is 3.65. The van der Waals surface area contributed by atoms with Crippen molar-refractivity contribution in [3.8, 4) is 5.75 Å². The number of ether oxygens (including phenoxy) is 1. The lowest BCUT2D eigenvalue weighted by atomic mass is 10.2. The summed E-state index contributed by atoms with van der Waals surface area (Å²) < 4.78 is 39.9. The Hall–Kier alpha value is -1.43. The molecule has 2 rings (SSSR count). The number of benzene rings is 1. The van der Waals surface area contributed by atoms with Gasteiger partial charge in [0.25, 0.3) is 0 Å². The summed E-state index contributed by atoms with van der Waals surface area (Å²) in [5.41, 5.74) is 0.915. The maximum Gasteiger partial charge on any atom is 0.573 e. The molecule has 1 aromatic carbocycles. The Bertz CT molecular complexity index is 391. The van der Waals surface area contributed by atoms with E-state index in [0.29, 0.717) is 6.04 Å². The van der Waals surface area contributed by atoms with Crippen LogP contribution in [0.3, 0.4) is 0 Å². The van der Waals surface area contributed by atoms with Crippen LogP contribution < -0.4 is 15.0 Å². The molecule has 0 radical (unpaired) electrons. The zero-order valence-electron chi connectivity index (χ0n) is 10.00. The van der Waals surface area contributed by atoms with Crippen LogP contribution in [-0.4, -0.2) is 32.0 Å². The van der Waals surface area contributed by atoms with Crippen LogP contribution in [0.5, 0.6) is 5.75 Å². The number of anilines is 1. The Morgan fingerprint density at radius 2 is 1.94 bits per heavy atom. The van der Waals surface area contributed by atoms with Gasteiger partial charge in [-0.15, -0.1) is 13.2 Å². The molecule has 1 aliphatic heterocycles. The maximum atomic E-state index is 12.0. The number of hydrogen-bond donors (Lipinski definition) is 1. The molecule has 1 atom stereocenters. The van der Waals surface area contributed by atoms with Gasteiger partial charge in [-0.05, 0) is 31.2 Å². The van der Waals surface area contributed by atoms with Gasteiger partial charge in [0.1, 0.15) is 5.75 Å². The molecule has 0 amide bonds. The zero-order valence-corrected chi connectivity index (χ0v) is 10.00. The lowest BCUT2D eigenvalue weighted by Gasteiger charge is -2.33. The first-order valence-corrected chi connectivity index (χ1v) is 5.78. The predicted octanol–water partition coefficient (Wildman–Crippen LogP) is 2.38. The maximum absolute atomic E-state index is 12.0. The van der Waals surface area contributed by atoms with Crippen molar-refractivity contribution in [2.24, 2.45) is 0 Å². The monoisotopic (exact) mass is 260 g/mol. The molecule has 0 aromatic heterocycles. The van der Waals surface area contributed by atoms with Crippen molar-refractivity contribution in [1.29, 1.82) is 0 Å². The topological polar surface area (TPSA) is 24.5 Å². The van der Waals surface area contributed by atoms with Crippen LogP contribution in [0.2, 0.25) is 0 Å². The van der Waals surface area contributed by atoms with E-state index in [1.54, 1.807) is 12.1 Å². The molecular formula is C12H15F3N2O. The molecular weight excluding hydrogens is 245 g/mol. The van der Waals surface area contributed by atoms with Gasteiger partial charge in [0.05, 0.1) is 0 Å². The van der Waals surface area contributed by atoms with Crippen LogP contribution in [0.15, 0.2) is 24.3 Å². The second-order valence-electron chi connectivity index (χ2n) is 4.34. The van der Waals surface area contributed by atoms with E-state index >= 15 is 0 Å². The molecule has 1 N–H and O–H groups in total. The lowest BCUT2D eigenvalue weighted by molar-refractivity contribution is -0.274. The van der Waals surface area contributed by atoms with Crippen molar-refractivity contribution in [2.75, 3.05) is 24.5 Å². The summed E-state index contributed by atoms with van der Waals surface area (Å²) in [5.74, 6) is -0.186. The molecule has 6 heteroatoms. The quantitative estimate of drug-likeness (QED) is 0.883. The summed E-state index contributed by atoms with van der Waals surface area (Å²) in [6, 6.07) is 6.37. The molecule has 1 aliphatic rings. The first kappa shape index (κ1) is 13.0. The first-order valence-electron chi connectivity index (χ1n) is 5.78. The highest BCUT2D eigenvalue weighted by Gasteiger charge is 2.31. The van der Waals surface area contributed by atoms with Crippen molar-refractivity contribution in [3.63, 3.8) is 0 Å². The van der Waals surface area contributed by atoms with Crippen LogP contribution in [0.1, 0.15) is 6.92 Å². The van der Waals surface area contributed by atoms with E-state index in [2.05, 4.69) is 21.9 Å².